The van der Waals surface area contributed by atoms with Crippen LogP contribution in [0, 0.1) is 0 Å². The molecule has 0 saturated heterocycles. The first-order valence-electron chi connectivity index (χ1n) is 6.68. The highest BCUT2D eigenvalue weighted by Gasteiger charge is 2.14. The molecule has 0 aliphatic heterocycles. The molecule has 0 radical (unpaired) electrons. The van der Waals surface area contributed by atoms with Crippen molar-refractivity contribution < 1.29 is 19.0 Å². The molecular formula is C16H21ClO4. The van der Waals surface area contributed by atoms with Crippen molar-refractivity contribution in [1.29, 1.82) is 0 Å². The summed E-state index contributed by atoms with van der Waals surface area (Å²) >= 11 is 6.16. The van der Waals surface area contributed by atoms with Crippen LogP contribution in [0.25, 0.3) is 6.08 Å². The van der Waals surface area contributed by atoms with E-state index in [-0.39, 0.29) is 0 Å². The molecule has 0 amide bonds. The van der Waals surface area contributed by atoms with Gasteiger partial charge in [-0.2, -0.15) is 0 Å². The fourth-order valence-corrected chi connectivity index (χ4v) is 1.89. The van der Waals surface area contributed by atoms with E-state index in [1.807, 2.05) is 27.7 Å². The second kappa shape index (κ2) is 7.36. The molecule has 0 aliphatic rings. The number of hydrogen-bond acceptors (Lipinski definition) is 4. The molecule has 4 nitrogen and oxygen atoms in total. The minimum Gasteiger partial charge on any atom is -0.493 e. The van der Waals surface area contributed by atoms with Gasteiger partial charge in [-0.15, -0.1) is 0 Å². The zero-order chi connectivity index (χ0) is 16.0. The summed E-state index contributed by atoms with van der Waals surface area (Å²) in [5.74, 6) is 0.607. The summed E-state index contributed by atoms with van der Waals surface area (Å²) in [6.45, 7) is 7.80. The van der Waals surface area contributed by atoms with E-state index in [9.17, 15) is 4.79 Å². The average molecular weight is 313 g/mol. The van der Waals surface area contributed by atoms with Crippen LogP contribution in [0.3, 0.4) is 0 Å². The molecule has 21 heavy (non-hydrogen) atoms. The molecule has 0 N–H and O–H groups in total. The Morgan fingerprint density at radius 3 is 2.52 bits per heavy atom. The summed E-state index contributed by atoms with van der Waals surface area (Å²) < 4.78 is 15.9. The molecule has 0 heterocycles. The predicted molar refractivity (Wildman–Crippen MR) is 84.1 cm³/mol. The van der Waals surface area contributed by atoms with Gasteiger partial charge in [0.1, 0.15) is 5.60 Å². The third-order valence-corrected chi connectivity index (χ3v) is 2.64. The summed E-state index contributed by atoms with van der Waals surface area (Å²) in [7, 11) is 1.54. The quantitative estimate of drug-likeness (QED) is 0.606. The highest BCUT2D eigenvalue weighted by molar-refractivity contribution is 6.32. The lowest BCUT2D eigenvalue weighted by Gasteiger charge is -2.18. The molecular weight excluding hydrogens is 292 g/mol. The van der Waals surface area contributed by atoms with Gasteiger partial charge in [-0.3, -0.25) is 0 Å². The number of carbonyl (C=O) groups is 1. The van der Waals surface area contributed by atoms with Crippen molar-refractivity contribution >= 4 is 23.6 Å². The van der Waals surface area contributed by atoms with Crippen LogP contribution in [0.4, 0.5) is 0 Å². The monoisotopic (exact) mass is 312 g/mol. The summed E-state index contributed by atoms with van der Waals surface area (Å²) in [5, 5.41) is 0.431. The van der Waals surface area contributed by atoms with Gasteiger partial charge in [-0.1, -0.05) is 11.6 Å². The Morgan fingerprint density at radius 2 is 2.00 bits per heavy atom. The van der Waals surface area contributed by atoms with Gasteiger partial charge in [-0.05, 0) is 51.5 Å². The van der Waals surface area contributed by atoms with Crippen molar-refractivity contribution in [3.05, 3.63) is 28.8 Å². The number of benzene rings is 1. The lowest BCUT2D eigenvalue weighted by molar-refractivity contribution is -0.148. The first kappa shape index (κ1) is 17.4. The molecule has 0 spiro atoms. The molecule has 0 fully saturated rings. The van der Waals surface area contributed by atoms with Gasteiger partial charge in [-0.25, -0.2) is 4.79 Å². The third-order valence-electron chi connectivity index (χ3n) is 2.36. The maximum atomic E-state index is 11.6. The normalized spacial score (nSPS) is 11.5. The zero-order valence-electron chi connectivity index (χ0n) is 13.0. The maximum absolute atomic E-state index is 11.6. The number of carbonyl (C=O) groups excluding carboxylic acids is 1. The van der Waals surface area contributed by atoms with Gasteiger partial charge in [0.25, 0.3) is 0 Å². The number of esters is 1. The topological polar surface area (TPSA) is 44.8 Å². The molecule has 0 bridgehead atoms. The zero-order valence-corrected chi connectivity index (χ0v) is 13.8. The van der Waals surface area contributed by atoms with Crippen LogP contribution in [0.1, 0.15) is 33.3 Å². The Labute approximate surface area is 130 Å². The summed E-state index contributed by atoms with van der Waals surface area (Å²) in [6, 6.07) is 3.45. The number of rotatable bonds is 5. The van der Waals surface area contributed by atoms with E-state index in [4.69, 9.17) is 25.8 Å². The molecule has 0 saturated carbocycles. The Balaban J connectivity index is 2.94. The molecule has 0 aromatic heterocycles. The minimum atomic E-state index is -0.518. The Bertz CT molecular complexity index is 530. The molecule has 5 heteroatoms. The average Bonchev–Trinajstić information content (AvgIpc) is 2.37. The van der Waals surface area contributed by atoms with E-state index in [2.05, 4.69) is 0 Å². The van der Waals surface area contributed by atoms with Crippen LogP contribution in [0.5, 0.6) is 11.5 Å². The van der Waals surface area contributed by atoms with Gasteiger partial charge in [0.05, 0.1) is 18.7 Å². The van der Waals surface area contributed by atoms with Crippen LogP contribution in [-0.4, -0.2) is 25.3 Å². The second-order valence-corrected chi connectivity index (χ2v) is 5.74. The third kappa shape index (κ3) is 5.68. The van der Waals surface area contributed by atoms with Gasteiger partial charge < -0.3 is 14.2 Å². The number of hydrogen-bond donors (Lipinski definition) is 0. The summed E-state index contributed by atoms with van der Waals surface area (Å²) in [4.78, 5) is 11.6. The van der Waals surface area contributed by atoms with Gasteiger partial charge in [0.15, 0.2) is 11.5 Å². The molecule has 116 valence electrons. The van der Waals surface area contributed by atoms with E-state index < -0.39 is 11.6 Å². The molecule has 0 unspecified atom stereocenters. The van der Waals surface area contributed by atoms with E-state index in [0.717, 1.165) is 5.56 Å². The Morgan fingerprint density at radius 1 is 1.33 bits per heavy atom. The highest BCUT2D eigenvalue weighted by atomic mass is 35.5. The van der Waals surface area contributed by atoms with E-state index >= 15 is 0 Å². The maximum Gasteiger partial charge on any atom is 0.331 e. The first-order chi connectivity index (χ1) is 9.76. The Hall–Kier alpha value is -1.68. The van der Waals surface area contributed by atoms with Crippen molar-refractivity contribution in [2.45, 2.75) is 33.3 Å². The van der Waals surface area contributed by atoms with Gasteiger partial charge in [0.2, 0.25) is 0 Å². The molecule has 1 aromatic carbocycles. The van der Waals surface area contributed by atoms with Crippen LogP contribution in [0.15, 0.2) is 18.2 Å². The highest BCUT2D eigenvalue weighted by Crippen LogP contribution is 2.36. The molecule has 1 rings (SSSR count). The molecule has 0 aliphatic carbocycles. The van der Waals surface area contributed by atoms with E-state index in [1.165, 1.54) is 13.2 Å². The minimum absolute atomic E-state index is 0.411. The van der Waals surface area contributed by atoms with Crippen molar-refractivity contribution in [1.82, 2.24) is 0 Å². The standard InChI is InChI=1S/C16H21ClO4/c1-6-20-15-12(17)9-11(10-13(15)19-5)7-8-14(18)21-16(2,3)4/h7-10H,6H2,1-5H3/b8-7+. The number of methoxy groups -OCH3 is 1. The van der Waals surface area contributed by atoms with Crippen molar-refractivity contribution in [3.63, 3.8) is 0 Å². The van der Waals surface area contributed by atoms with Crippen LogP contribution in [-0.2, 0) is 9.53 Å². The Kier molecular flexibility index (Phi) is 6.09. The number of ether oxygens (including phenoxy) is 3. The largest absolute Gasteiger partial charge is 0.493 e. The lowest BCUT2D eigenvalue weighted by atomic mass is 10.1. The van der Waals surface area contributed by atoms with Gasteiger partial charge >= 0.3 is 5.97 Å². The smallest absolute Gasteiger partial charge is 0.331 e. The number of halogens is 1. The van der Waals surface area contributed by atoms with E-state index in [1.54, 1.807) is 18.2 Å². The molecule has 0 atom stereocenters. The van der Waals surface area contributed by atoms with Crippen LogP contribution >= 0.6 is 11.6 Å². The first-order valence-corrected chi connectivity index (χ1v) is 7.06. The van der Waals surface area contributed by atoms with Crippen LogP contribution in [0.2, 0.25) is 5.02 Å². The van der Waals surface area contributed by atoms with Crippen LogP contribution < -0.4 is 9.47 Å². The molecule has 1 aromatic rings. The predicted octanol–water partition coefficient (Wildman–Crippen LogP) is 4.10. The fraction of sp³-hybridized carbons (Fsp3) is 0.438. The SMILES string of the molecule is CCOc1c(Cl)cc(/C=C/C(=O)OC(C)(C)C)cc1OC. The van der Waals surface area contributed by atoms with Gasteiger partial charge in [0, 0.05) is 6.08 Å². The summed E-state index contributed by atoms with van der Waals surface area (Å²) in [6.07, 6.45) is 2.98. The summed E-state index contributed by atoms with van der Waals surface area (Å²) in [5.41, 5.74) is 0.210. The van der Waals surface area contributed by atoms with E-state index in [0.29, 0.717) is 23.1 Å². The van der Waals surface area contributed by atoms with Crippen molar-refractivity contribution in [3.8, 4) is 11.5 Å². The lowest BCUT2D eigenvalue weighted by Crippen LogP contribution is -2.22. The van der Waals surface area contributed by atoms with Crippen molar-refractivity contribution in [2.24, 2.45) is 0 Å². The van der Waals surface area contributed by atoms with Crippen molar-refractivity contribution in [2.75, 3.05) is 13.7 Å². The second-order valence-electron chi connectivity index (χ2n) is 5.33. The fourth-order valence-electron chi connectivity index (χ4n) is 1.62.